The fourth-order valence-corrected chi connectivity index (χ4v) is 4.31. The lowest BCUT2D eigenvalue weighted by atomic mass is 10.0. The van der Waals surface area contributed by atoms with Crippen LogP contribution in [0.1, 0.15) is 22.3 Å². The number of ether oxygens (including phenoxy) is 1. The number of benzene rings is 1. The van der Waals surface area contributed by atoms with Crippen molar-refractivity contribution in [3.05, 3.63) is 84.3 Å². The minimum atomic E-state index is -3.74. The van der Waals surface area contributed by atoms with Crippen LogP contribution in [0.25, 0.3) is 5.65 Å². The SMILES string of the molecule is COc1cccc(S(=O)(=O)c2ccc(CCC(=O)c3ccc4nccn4c3)cc2)n1. The highest BCUT2D eigenvalue weighted by molar-refractivity contribution is 7.91. The first kappa shape index (κ1) is 19.8. The summed E-state index contributed by atoms with van der Waals surface area (Å²) in [5.74, 6) is 0.253. The first-order valence-corrected chi connectivity index (χ1v) is 10.8. The van der Waals surface area contributed by atoms with Crippen LogP contribution in [0, 0.1) is 0 Å². The number of carbonyl (C=O) groups is 1. The molecule has 0 unspecified atom stereocenters. The maximum atomic E-state index is 12.8. The van der Waals surface area contributed by atoms with Crippen molar-refractivity contribution in [1.29, 1.82) is 0 Å². The number of Topliss-reactive ketones (excluding diaryl/α,β-unsaturated/α-hetero) is 1. The van der Waals surface area contributed by atoms with Gasteiger partial charge in [-0.3, -0.25) is 4.79 Å². The molecule has 8 heteroatoms. The zero-order valence-corrected chi connectivity index (χ0v) is 17.0. The van der Waals surface area contributed by atoms with Crippen LogP contribution in [0.2, 0.25) is 0 Å². The second kappa shape index (κ2) is 8.08. The van der Waals surface area contributed by atoms with Crippen molar-refractivity contribution in [2.45, 2.75) is 22.8 Å². The normalized spacial score (nSPS) is 11.5. The first-order chi connectivity index (χ1) is 14.5. The van der Waals surface area contributed by atoms with Crippen LogP contribution in [0.15, 0.2) is 83.1 Å². The molecule has 3 heterocycles. The molecule has 0 radical (unpaired) electrons. The molecule has 0 spiro atoms. The molecule has 0 aliphatic carbocycles. The highest BCUT2D eigenvalue weighted by Gasteiger charge is 2.20. The predicted molar refractivity (Wildman–Crippen MR) is 111 cm³/mol. The van der Waals surface area contributed by atoms with E-state index in [0.717, 1.165) is 11.2 Å². The van der Waals surface area contributed by atoms with E-state index in [-0.39, 0.29) is 21.6 Å². The molecular formula is C22H19N3O4S. The number of ketones is 1. The van der Waals surface area contributed by atoms with Crippen LogP contribution in [-0.4, -0.2) is 35.7 Å². The van der Waals surface area contributed by atoms with Gasteiger partial charge in [0, 0.05) is 36.6 Å². The van der Waals surface area contributed by atoms with Gasteiger partial charge in [0.05, 0.1) is 12.0 Å². The monoisotopic (exact) mass is 421 g/mol. The summed E-state index contributed by atoms with van der Waals surface area (Å²) in [4.78, 5) is 20.8. The van der Waals surface area contributed by atoms with Crippen LogP contribution < -0.4 is 4.74 Å². The van der Waals surface area contributed by atoms with Gasteiger partial charge in [0.1, 0.15) is 5.65 Å². The number of rotatable bonds is 7. The van der Waals surface area contributed by atoms with Gasteiger partial charge in [-0.15, -0.1) is 0 Å². The molecule has 0 amide bonds. The molecule has 152 valence electrons. The Morgan fingerprint density at radius 3 is 2.63 bits per heavy atom. The van der Waals surface area contributed by atoms with Gasteiger partial charge in [-0.05, 0) is 42.3 Å². The van der Waals surface area contributed by atoms with Crippen LogP contribution in [0.3, 0.4) is 0 Å². The van der Waals surface area contributed by atoms with Crippen molar-refractivity contribution >= 4 is 21.3 Å². The molecule has 4 aromatic rings. The minimum absolute atomic E-state index is 0.0166. The van der Waals surface area contributed by atoms with Gasteiger partial charge >= 0.3 is 0 Å². The van der Waals surface area contributed by atoms with E-state index in [4.69, 9.17) is 4.74 Å². The average Bonchev–Trinajstić information content (AvgIpc) is 3.25. The summed E-state index contributed by atoms with van der Waals surface area (Å²) in [5.41, 5.74) is 2.28. The number of aryl methyl sites for hydroxylation is 1. The quantitative estimate of drug-likeness (QED) is 0.425. The van der Waals surface area contributed by atoms with Crippen LogP contribution in [0.4, 0.5) is 0 Å². The lowest BCUT2D eigenvalue weighted by Crippen LogP contribution is -2.06. The van der Waals surface area contributed by atoms with Crippen molar-refractivity contribution in [2.75, 3.05) is 7.11 Å². The van der Waals surface area contributed by atoms with Crippen molar-refractivity contribution in [2.24, 2.45) is 0 Å². The zero-order valence-electron chi connectivity index (χ0n) is 16.2. The number of carbonyl (C=O) groups excluding carboxylic acids is 1. The van der Waals surface area contributed by atoms with Gasteiger partial charge in [0.2, 0.25) is 15.7 Å². The number of sulfone groups is 1. The largest absolute Gasteiger partial charge is 0.481 e. The zero-order chi connectivity index (χ0) is 21.1. The molecule has 0 aliphatic heterocycles. The summed E-state index contributed by atoms with van der Waals surface area (Å²) < 4.78 is 32.3. The Morgan fingerprint density at radius 2 is 1.87 bits per heavy atom. The van der Waals surface area contributed by atoms with Crippen molar-refractivity contribution in [3.8, 4) is 5.88 Å². The topological polar surface area (TPSA) is 90.6 Å². The molecular weight excluding hydrogens is 402 g/mol. The third kappa shape index (κ3) is 3.95. The number of hydrogen-bond donors (Lipinski definition) is 0. The Morgan fingerprint density at radius 1 is 1.07 bits per heavy atom. The van der Waals surface area contributed by atoms with Crippen LogP contribution in [-0.2, 0) is 16.3 Å². The van der Waals surface area contributed by atoms with Crippen LogP contribution >= 0.6 is 0 Å². The van der Waals surface area contributed by atoms with Gasteiger partial charge in [-0.2, -0.15) is 0 Å². The van der Waals surface area contributed by atoms with E-state index >= 15 is 0 Å². The van der Waals surface area contributed by atoms with Gasteiger partial charge in [0.15, 0.2) is 10.8 Å². The third-order valence-corrected chi connectivity index (χ3v) is 6.44. The molecule has 0 saturated carbocycles. The Kier molecular flexibility index (Phi) is 5.33. The van der Waals surface area contributed by atoms with E-state index in [1.165, 1.54) is 25.3 Å². The summed E-state index contributed by atoms with van der Waals surface area (Å²) >= 11 is 0. The molecule has 1 aromatic carbocycles. The van der Waals surface area contributed by atoms with E-state index in [9.17, 15) is 13.2 Å². The lowest BCUT2D eigenvalue weighted by Gasteiger charge is -2.07. The van der Waals surface area contributed by atoms with Gasteiger partial charge in [-0.1, -0.05) is 18.2 Å². The number of methoxy groups -OCH3 is 1. The summed E-state index contributed by atoms with van der Waals surface area (Å²) in [7, 11) is -2.31. The van der Waals surface area contributed by atoms with E-state index < -0.39 is 9.84 Å². The Balaban J connectivity index is 1.46. The highest BCUT2D eigenvalue weighted by atomic mass is 32.2. The fraction of sp³-hybridized carbons (Fsp3) is 0.136. The highest BCUT2D eigenvalue weighted by Crippen LogP contribution is 2.22. The standard InChI is InChI=1S/C22H19N3O4S/c1-29-21-3-2-4-22(24-21)30(27,28)18-9-5-16(6-10-18)7-11-19(26)17-8-12-20-23-13-14-25(20)15-17/h2-6,8-10,12-15H,7,11H2,1H3. The number of pyridine rings is 2. The smallest absolute Gasteiger partial charge is 0.223 e. The van der Waals surface area contributed by atoms with Crippen LogP contribution in [0.5, 0.6) is 5.88 Å². The molecule has 3 aromatic heterocycles. The van der Waals surface area contributed by atoms with Gasteiger partial charge in [0.25, 0.3) is 0 Å². The molecule has 0 N–H and O–H groups in total. The number of imidazole rings is 1. The number of fused-ring (bicyclic) bond motifs is 1. The Labute approximate surface area is 173 Å². The molecule has 30 heavy (non-hydrogen) atoms. The lowest BCUT2D eigenvalue weighted by molar-refractivity contribution is 0.0982. The maximum absolute atomic E-state index is 12.8. The predicted octanol–water partition coefficient (Wildman–Crippen LogP) is 3.39. The van der Waals surface area contributed by atoms with Crippen molar-refractivity contribution < 1.29 is 17.9 Å². The van der Waals surface area contributed by atoms with Gasteiger partial charge < -0.3 is 9.14 Å². The van der Waals surface area contributed by atoms with Gasteiger partial charge in [-0.25, -0.2) is 18.4 Å². The maximum Gasteiger partial charge on any atom is 0.223 e. The molecule has 0 atom stereocenters. The molecule has 4 rings (SSSR count). The minimum Gasteiger partial charge on any atom is -0.481 e. The van der Waals surface area contributed by atoms with Crippen molar-refractivity contribution in [3.63, 3.8) is 0 Å². The summed E-state index contributed by atoms with van der Waals surface area (Å²) in [5, 5.41) is -0.0697. The fourth-order valence-electron chi connectivity index (χ4n) is 3.10. The number of aromatic nitrogens is 3. The summed E-state index contributed by atoms with van der Waals surface area (Å²) in [6.45, 7) is 0. The molecule has 0 fully saturated rings. The Bertz CT molecular complexity index is 1310. The average molecular weight is 421 g/mol. The second-order valence-corrected chi connectivity index (χ2v) is 8.60. The van der Waals surface area contributed by atoms with E-state index in [2.05, 4.69) is 9.97 Å². The molecule has 7 nitrogen and oxygen atoms in total. The summed E-state index contributed by atoms with van der Waals surface area (Å²) in [6, 6.07) is 14.7. The number of hydrogen-bond acceptors (Lipinski definition) is 6. The van der Waals surface area contributed by atoms with Crippen molar-refractivity contribution in [1.82, 2.24) is 14.4 Å². The first-order valence-electron chi connectivity index (χ1n) is 9.28. The Hall–Kier alpha value is -3.52. The second-order valence-electron chi connectivity index (χ2n) is 6.70. The summed E-state index contributed by atoms with van der Waals surface area (Å²) in [6.07, 6.45) is 6.08. The third-order valence-electron chi connectivity index (χ3n) is 4.77. The molecule has 0 aliphatic rings. The number of nitrogens with zero attached hydrogens (tertiary/aromatic N) is 3. The molecule has 0 bridgehead atoms. The van der Waals surface area contributed by atoms with E-state index in [1.54, 1.807) is 59.4 Å². The molecule has 0 saturated heterocycles. The van der Waals surface area contributed by atoms with E-state index in [0.29, 0.717) is 18.4 Å². The van der Waals surface area contributed by atoms with E-state index in [1.807, 2.05) is 0 Å².